The first kappa shape index (κ1) is 26.7. The molecule has 9 nitrogen and oxygen atoms in total. The van der Waals surface area contributed by atoms with Crippen molar-refractivity contribution in [3.63, 3.8) is 0 Å². The smallest absolute Gasteiger partial charge is 0.404 e. The Morgan fingerprint density at radius 3 is 2.61 bits per heavy atom. The Bertz CT molecular complexity index is 1410. The van der Waals surface area contributed by atoms with Gasteiger partial charge in [0.25, 0.3) is 0 Å². The Morgan fingerprint density at radius 2 is 1.95 bits per heavy atom. The van der Waals surface area contributed by atoms with E-state index in [1.165, 1.54) is 6.20 Å². The Balaban J connectivity index is 1.51. The van der Waals surface area contributed by atoms with Crippen LogP contribution in [0.4, 0.5) is 23.7 Å². The lowest BCUT2D eigenvalue weighted by Crippen LogP contribution is -2.50. The van der Waals surface area contributed by atoms with Crippen molar-refractivity contribution < 1.29 is 22.8 Å². The van der Waals surface area contributed by atoms with Crippen molar-refractivity contribution in [3.8, 4) is 11.3 Å². The highest BCUT2D eigenvalue weighted by Crippen LogP contribution is 2.26. The number of urea groups is 1. The van der Waals surface area contributed by atoms with Crippen molar-refractivity contribution in [2.75, 3.05) is 25.0 Å². The molecule has 2 aromatic heterocycles. The second-order valence-corrected chi connectivity index (χ2v) is 9.38. The van der Waals surface area contributed by atoms with Crippen LogP contribution in [0, 0.1) is 0 Å². The number of aliphatic imine (C=N–C) groups is 1. The zero-order valence-electron chi connectivity index (χ0n) is 20.9. The largest absolute Gasteiger partial charge is 0.405 e. The summed E-state index contributed by atoms with van der Waals surface area (Å²) in [5, 5.41) is 4.18. The molecule has 1 saturated heterocycles. The van der Waals surface area contributed by atoms with Crippen LogP contribution in [0.2, 0.25) is 0 Å². The maximum atomic E-state index is 12.6. The van der Waals surface area contributed by atoms with E-state index in [2.05, 4.69) is 15.3 Å². The normalized spacial score (nSPS) is 14.6. The molecule has 12 heteroatoms. The minimum absolute atomic E-state index is 0.0284. The summed E-state index contributed by atoms with van der Waals surface area (Å²) in [7, 11) is 0. The number of benzene rings is 1. The van der Waals surface area contributed by atoms with Gasteiger partial charge in [0.1, 0.15) is 17.7 Å². The first-order valence-corrected chi connectivity index (χ1v) is 11.9. The molecule has 1 fully saturated rings. The molecule has 0 spiro atoms. The average molecular weight is 528 g/mol. The van der Waals surface area contributed by atoms with Gasteiger partial charge >= 0.3 is 12.2 Å². The minimum atomic E-state index is -4.50. The maximum Gasteiger partial charge on any atom is 0.405 e. The third-order valence-corrected chi connectivity index (χ3v) is 6.08. The number of pyridine rings is 1. The number of alkyl halides is 3. The molecule has 0 atom stereocenters. The Morgan fingerprint density at radius 1 is 1.18 bits per heavy atom. The summed E-state index contributed by atoms with van der Waals surface area (Å²) >= 11 is 0. The van der Waals surface area contributed by atoms with Crippen molar-refractivity contribution >= 4 is 35.1 Å². The van der Waals surface area contributed by atoms with Gasteiger partial charge in [0.2, 0.25) is 5.91 Å². The van der Waals surface area contributed by atoms with Gasteiger partial charge < -0.3 is 21.3 Å². The number of anilines is 1. The second kappa shape index (κ2) is 10.6. The molecule has 0 radical (unpaired) electrons. The first-order valence-electron chi connectivity index (χ1n) is 11.9. The number of likely N-dealkylation sites (tertiary alicyclic amines) is 1. The van der Waals surface area contributed by atoms with Crippen molar-refractivity contribution in [2.45, 2.75) is 32.0 Å². The summed E-state index contributed by atoms with van der Waals surface area (Å²) in [5.41, 5.74) is 8.68. The van der Waals surface area contributed by atoms with Gasteiger partial charge in [-0.1, -0.05) is 12.1 Å². The molecule has 200 valence electrons. The Labute approximate surface area is 217 Å². The Hall–Kier alpha value is -4.35. The van der Waals surface area contributed by atoms with E-state index in [0.29, 0.717) is 28.2 Å². The van der Waals surface area contributed by atoms with E-state index < -0.39 is 24.3 Å². The molecule has 4 rings (SSSR count). The van der Waals surface area contributed by atoms with Gasteiger partial charge in [-0.2, -0.15) is 13.2 Å². The summed E-state index contributed by atoms with van der Waals surface area (Å²) in [4.78, 5) is 35.2. The van der Waals surface area contributed by atoms with E-state index >= 15 is 0 Å². The molecule has 0 aliphatic carbocycles. The van der Waals surface area contributed by atoms with Gasteiger partial charge in [-0.3, -0.25) is 14.2 Å². The third kappa shape index (κ3) is 6.13. The monoisotopic (exact) mass is 527 g/mol. The first-order chi connectivity index (χ1) is 18.0. The predicted molar refractivity (Wildman–Crippen MR) is 140 cm³/mol. The van der Waals surface area contributed by atoms with E-state index in [-0.39, 0.29) is 5.91 Å². The lowest BCUT2D eigenvalue weighted by molar-refractivity contribution is -0.139. The summed E-state index contributed by atoms with van der Waals surface area (Å²) in [6, 6.07) is 9.39. The van der Waals surface area contributed by atoms with Crippen molar-refractivity contribution in [1.29, 1.82) is 0 Å². The fraction of sp³-hybridized carbons (Fsp3) is 0.308. The molecule has 1 aliphatic rings. The SMILES string of the molecule is CC(C)(N=CC(=CN)c1ccn2c(-c3cccc(NC(=O)NCC(F)(F)F)c3)cnc2c1)C(=O)N1CCC1. The third-order valence-electron chi connectivity index (χ3n) is 6.08. The fourth-order valence-corrected chi connectivity index (χ4v) is 3.89. The number of nitrogens with one attached hydrogen (secondary N) is 2. The number of nitrogens with two attached hydrogens (primary N) is 1. The minimum Gasteiger partial charge on any atom is -0.404 e. The molecule has 4 N–H and O–H groups in total. The van der Waals surface area contributed by atoms with Gasteiger partial charge in [0.15, 0.2) is 0 Å². The molecule has 3 amide bonds. The fourth-order valence-electron chi connectivity index (χ4n) is 3.89. The predicted octanol–water partition coefficient (Wildman–Crippen LogP) is 4.07. The van der Waals surface area contributed by atoms with Crippen LogP contribution in [0.1, 0.15) is 25.8 Å². The number of imidazole rings is 1. The number of allylic oxidation sites excluding steroid dienone is 1. The van der Waals surface area contributed by atoms with Gasteiger partial charge in [-0.15, -0.1) is 0 Å². The quantitative estimate of drug-likeness (QED) is 0.402. The van der Waals surface area contributed by atoms with Crippen LogP contribution in [-0.2, 0) is 4.79 Å². The van der Waals surface area contributed by atoms with Crippen LogP contribution >= 0.6 is 0 Å². The second-order valence-electron chi connectivity index (χ2n) is 9.38. The summed E-state index contributed by atoms with van der Waals surface area (Å²) in [6.07, 6.45) is 2.97. The number of rotatable bonds is 7. The molecule has 0 bridgehead atoms. The molecule has 38 heavy (non-hydrogen) atoms. The van der Waals surface area contributed by atoms with Crippen LogP contribution < -0.4 is 16.4 Å². The van der Waals surface area contributed by atoms with Crippen LogP contribution in [0.5, 0.6) is 0 Å². The van der Waals surface area contributed by atoms with E-state index in [9.17, 15) is 22.8 Å². The highest BCUT2D eigenvalue weighted by atomic mass is 19.4. The number of carbonyl (C=O) groups is 2. The van der Waals surface area contributed by atoms with Crippen molar-refractivity contribution in [1.82, 2.24) is 19.6 Å². The van der Waals surface area contributed by atoms with Crippen LogP contribution in [0.25, 0.3) is 22.5 Å². The molecule has 0 unspecified atom stereocenters. The van der Waals surface area contributed by atoms with E-state index in [0.717, 1.165) is 25.1 Å². The van der Waals surface area contributed by atoms with Gasteiger partial charge in [0.05, 0.1) is 11.9 Å². The molecular formula is C26H28F3N7O2. The number of carbonyl (C=O) groups excluding carboxylic acids is 2. The highest BCUT2D eigenvalue weighted by molar-refractivity contribution is 6.10. The zero-order chi connectivity index (χ0) is 27.5. The molecule has 1 aromatic carbocycles. The maximum absolute atomic E-state index is 12.6. The number of halogens is 3. The molecule has 1 aliphatic heterocycles. The number of nitrogens with zero attached hydrogens (tertiary/aromatic N) is 4. The van der Waals surface area contributed by atoms with E-state index in [1.54, 1.807) is 66.9 Å². The standard InChI is InChI=1S/C26H28F3N7O2/c1-25(2,23(37)35-8-4-9-35)33-14-19(13-30)17-7-10-36-21(15-31-22(36)12-17)18-5-3-6-20(11-18)34-24(38)32-16-26(27,28)29/h3,5-7,10-15H,4,8-9,16,30H2,1-2H3,(H2,32,34,38). The summed E-state index contributed by atoms with van der Waals surface area (Å²) in [5.74, 6) is -0.0284. The van der Waals surface area contributed by atoms with E-state index in [1.807, 2.05) is 16.5 Å². The molecule has 3 aromatic rings. The van der Waals surface area contributed by atoms with E-state index in [4.69, 9.17) is 5.73 Å². The topological polar surface area (TPSA) is 117 Å². The summed E-state index contributed by atoms with van der Waals surface area (Å²) in [6.45, 7) is 3.61. The lowest BCUT2D eigenvalue weighted by Gasteiger charge is -2.35. The number of hydrogen-bond acceptors (Lipinski definition) is 5. The molecule has 0 saturated carbocycles. The number of hydrogen-bond donors (Lipinski definition) is 3. The number of fused-ring (bicyclic) bond motifs is 1. The number of amides is 3. The highest BCUT2D eigenvalue weighted by Gasteiger charge is 2.33. The van der Waals surface area contributed by atoms with Gasteiger partial charge in [-0.05, 0) is 50.1 Å². The summed E-state index contributed by atoms with van der Waals surface area (Å²) < 4.78 is 38.9. The van der Waals surface area contributed by atoms with Crippen molar-refractivity contribution in [2.24, 2.45) is 10.7 Å². The average Bonchev–Trinajstić information content (AvgIpc) is 3.25. The zero-order valence-corrected chi connectivity index (χ0v) is 20.9. The molecular weight excluding hydrogens is 499 g/mol. The van der Waals surface area contributed by atoms with Gasteiger partial charge in [0, 0.05) is 48.5 Å². The molecule has 3 heterocycles. The van der Waals surface area contributed by atoms with Gasteiger partial charge in [-0.25, -0.2) is 9.78 Å². The number of aromatic nitrogens is 2. The van der Waals surface area contributed by atoms with Crippen LogP contribution in [-0.4, -0.2) is 63.8 Å². The Kier molecular flexibility index (Phi) is 7.42. The van der Waals surface area contributed by atoms with Crippen LogP contribution in [0.3, 0.4) is 0 Å². The van der Waals surface area contributed by atoms with Crippen molar-refractivity contribution in [3.05, 3.63) is 60.6 Å². The lowest BCUT2D eigenvalue weighted by atomic mass is 10.0. The van der Waals surface area contributed by atoms with Crippen LogP contribution in [0.15, 0.2) is 60.0 Å².